The molecule has 0 aliphatic carbocycles. The first-order valence-corrected chi connectivity index (χ1v) is 5.37. The molecule has 3 heteroatoms. The van der Waals surface area contributed by atoms with E-state index < -0.39 is 0 Å². The molecule has 0 aromatic heterocycles. The minimum absolute atomic E-state index is 0.189. The van der Waals surface area contributed by atoms with Gasteiger partial charge in [0, 0.05) is 30.9 Å². The Labute approximate surface area is 95.3 Å². The second-order valence-electron chi connectivity index (χ2n) is 3.83. The summed E-state index contributed by atoms with van der Waals surface area (Å²) in [5, 5.41) is 0. The Hall–Kier alpha value is -1.61. The van der Waals surface area contributed by atoms with Gasteiger partial charge in [-0.15, -0.1) is 0 Å². The fourth-order valence-electron chi connectivity index (χ4n) is 1.67. The standard InChI is InChI=1S/C13H15NO2/c1-14(12-5-3-2-4-6-12)9-11-10-16-8-7-13(11)15/h2-6,9H,7-8,10H2,1H3/b11-9-. The highest BCUT2D eigenvalue weighted by Crippen LogP contribution is 2.15. The maximum Gasteiger partial charge on any atom is 0.164 e. The van der Waals surface area contributed by atoms with E-state index in [-0.39, 0.29) is 5.78 Å². The van der Waals surface area contributed by atoms with Crippen molar-refractivity contribution >= 4 is 11.5 Å². The number of hydrogen-bond acceptors (Lipinski definition) is 3. The number of benzene rings is 1. The van der Waals surface area contributed by atoms with Crippen LogP contribution < -0.4 is 4.90 Å². The summed E-state index contributed by atoms with van der Waals surface area (Å²) in [4.78, 5) is 13.5. The minimum atomic E-state index is 0.189. The molecule has 1 aliphatic heterocycles. The van der Waals surface area contributed by atoms with Gasteiger partial charge in [0.1, 0.15) is 0 Å². The quantitative estimate of drug-likeness (QED) is 0.709. The van der Waals surface area contributed by atoms with Crippen molar-refractivity contribution in [1.29, 1.82) is 0 Å². The van der Waals surface area contributed by atoms with E-state index in [4.69, 9.17) is 4.74 Å². The molecular weight excluding hydrogens is 202 g/mol. The number of ketones is 1. The Bertz CT molecular complexity index is 398. The molecule has 1 aliphatic rings. The zero-order chi connectivity index (χ0) is 11.4. The topological polar surface area (TPSA) is 29.5 Å². The van der Waals surface area contributed by atoms with Crippen LogP contribution in [0.25, 0.3) is 0 Å². The fourth-order valence-corrected chi connectivity index (χ4v) is 1.67. The normalized spacial score (nSPS) is 18.8. The summed E-state index contributed by atoms with van der Waals surface area (Å²) in [5.41, 5.74) is 1.81. The molecule has 3 nitrogen and oxygen atoms in total. The summed E-state index contributed by atoms with van der Waals surface area (Å²) >= 11 is 0. The zero-order valence-corrected chi connectivity index (χ0v) is 9.35. The van der Waals surface area contributed by atoms with Gasteiger partial charge in [0.05, 0.1) is 13.2 Å². The molecule has 0 spiro atoms. The van der Waals surface area contributed by atoms with Crippen LogP contribution in [-0.4, -0.2) is 26.0 Å². The number of rotatable bonds is 2. The second-order valence-corrected chi connectivity index (χ2v) is 3.83. The first-order chi connectivity index (χ1) is 7.77. The third-order valence-electron chi connectivity index (χ3n) is 2.60. The molecule has 1 aromatic carbocycles. The van der Waals surface area contributed by atoms with Gasteiger partial charge in [-0.3, -0.25) is 4.79 Å². The molecule has 1 saturated heterocycles. The molecule has 0 saturated carbocycles. The highest BCUT2D eigenvalue weighted by Gasteiger charge is 2.15. The van der Waals surface area contributed by atoms with E-state index >= 15 is 0 Å². The molecule has 1 fully saturated rings. The lowest BCUT2D eigenvalue weighted by Gasteiger charge is -2.19. The van der Waals surface area contributed by atoms with Crippen molar-refractivity contribution in [2.75, 3.05) is 25.2 Å². The molecule has 0 radical (unpaired) electrons. The largest absolute Gasteiger partial charge is 0.376 e. The Morgan fingerprint density at radius 2 is 2.06 bits per heavy atom. The van der Waals surface area contributed by atoms with Gasteiger partial charge in [0.25, 0.3) is 0 Å². The summed E-state index contributed by atoms with van der Waals surface area (Å²) < 4.78 is 5.27. The van der Waals surface area contributed by atoms with Crippen LogP contribution in [0.3, 0.4) is 0 Å². The average Bonchev–Trinajstić information content (AvgIpc) is 2.33. The maximum atomic E-state index is 11.6. The van der Waals surface area contributed by atoms with Crippen molar-refractivity contribution in [3.63, 3.8) is 0 Å². The van der Waals surface area contributed by atoms with Crippen LogP contribution >= 0.6 is 0 Å². The summed E-state index contributed by atoms with van der Waals surface area (Å²) in [6, 6.07) is 9.93. The van der Waals surface area contributed by atoms with E-state index in [9.17, 15) is 4.79 Å². The number of carbonyl (C=O) groups is 1. The Balaban J connectivity index is 2.14. The van der Waals surface area contributed by atoms with E-state index in [0.717, 1.165) is 11.3 Å². The van der Waals surface area contributed by atoms with Crippen LogP contribution in [0.4, 0.5) is 5.69 Å². The average molecular weight is 217 g/mol. The van der Waals surface area contributed by atoms with Gasteiger partial charge in [-0.25, -0.2) is 0 Å². The molecule has 0 N–H and O–H groups in total. The number of anilines is 1. The van der Waals surface area contributed by atoms with Gasteiger partial charge in [-0.05, 0) is 12.1 Å². The SMILES string of the molecule is CN(/C=C1/COCCC1=O)c1ccccc1. The highest BCUT2D eigenvalue weighted by atomic mass is 16.5. The maximum absolute atomic E-state index is 11.6. The Kier molecular flexibility index (Phi) is 3.37. The van der Waals surface area contributed by atoms with Crippen molar-refractivity contribution in [2.45, 2.75) is 6.42 Å². The molecule has 0 unspecified atom stereocenters. The lowest BCUT2D eigenvalue weighted by atomic mass is 10.1. The van der Waals surface area contributed by atoms with Gasteiger partial charge >= 0.3 is 0 Å². The number of ether oxygens (including phenoxy) is 1. The molecule has 0 amide bonds. The van der Waals surface area contributed by atoms with Crippen LogP contribution in [0, 0.1) is 0 Å². The molecule has 0 bridgehead atoms. The smallest absolute Gasteiger partial charge is 0.164 e. The second kappa shape index (κ2) is 4.94. The van der Waals surface area contributed by atoms with Crippen LogP contribution in [0.5, 0.6) is 0 Å². The molecule has 1 heterocycles. The third kappa shape index (κ3) is 2.49. The van der Waals surface area contributed by atoms with Crippen LogP contribution in [-0.2, 0) is 9.53 Å². The van der Waals surface area contributed by atoms with Gasteiger partial charge in [-0.2, -0.15) is 0 Å². The van der Waals surface area contributed by atoms with Gasteiger partial charge in [0.15, 0.2) is 5.78 Å². The summed E-state index contributed by atoms with van der Waals surface area (Å²) in [6.45, 7) is 0.973. The predicted octanol–water partition coefficient (Wildman–Crippen LogP) is 2.00. The van der Waals surface area contributed by atoms with Gasteiger partial charge < -0.3 is 9.64 Å². The monoisotopic (exact) mass is 217 g/mol. The van der Waals surface area contributed by atoms with E-state index in [1.54, 1.807) is 0 Å². The first kappa shape index (κ1) is 10.9. The number of nitrogens with zero attached hydrogens (tertiary/aromatic N) is 1. The lowest BCUT2D eigenvalue weighted by Crippen LogP contribution is -2.21. The van der Waals surface area contributed by atoms with E-state index in [1.165, 1.54) is 0 Å². The van der Waals surface area contributed by atoms with Crippen molar-refractivity contribution in [2.24, 2.45) is 0 Å². The molecule has 0 atom stereocenters. The number of carbonyl (C=O) groups excluding carboxylic acids is 1. The fraction of sp³-hybridized carbons (Fsp3) is 0.308. The number of para-hydroxylation sites is 1. The van der Waals surface area contributed by atoms with Crippen molar-refractivity contribution < 1.29 is 9.53 Å². The number of Topliss-reactive ketones (excluding diaryl/α,β-unsaturated/α-hetero) is 1. The van der Waals surface area contributed by atoms with Crippen molar-refractivity contribution in [3.05, 3.63) is 42.1 Å². The van der Waals surface area contributed by atoms with E-state index in [0.29, 0.717) is 19.6 Å². The zero-order valence-electron chi connectivity index (χ0n) is 9.35. The summed E-state index contributed by atoms with van der Waals surface area (Å²) in [7, 11) is 1.93. The highest BCUT2D eigenvalue weighted by molar-refractivity contribution is 5.96. The van der Waals surface area contributed by atoms with E-state index in [1.807, 2.05) is 48.5 Å². The predicted molar refractivity (Wildman–Crippen MR) is 63.4 cm³/mol. The summed E-state index contributed by atoms with van der Waals surface area (Å²) in [5.74, 6) is 0.189. The van der Waals surface area contributed by atoms with Gasteiger partial charge in [0.2, 0.25) is 0 Å². The number of hydrogen-bond donors (Lipinski definition) is 0. The Morgan fingerprint density at radius 1 is 1.31 bits per heavy atom. The van der Waals surface area contributed by atoms with Crippen LogP contribution in [0.2, 0.25) is 0 Å². The molecule has 16 heavy (non-hydrogen) atoms. The van der Waals surface area contributed by atoms with E-state index in [2.05, 4.69) is 0 Å². The van der Waals surface area contributed by atoms with Crippen molar-refractivity contribution in [1.82, 2.24) is 0 Å². The third-order valence-corrected chi connectivity index (χ3v) is 2.60. The molecular formula is C13H15NO2. The minimum Gasteiger partial charge on any atom is -0.376 e. The first-order valence-electron chi connectivity index (χ1n) is 5.37. The molecule has 2 rings (SSSR count). The summed E-state index contributed by atoms with van der Waals surface area (Å²) in [6.07, 6.45) is 2.35. The molecule has 1 aromatic rings. The lowest BCUT2D eigenvalue weighted by molar-refractivity contribution is -0.119. The van der Waals surface area contributed by atoms with Crippen molar-refractivity contribution in [3.8, 4) is 0 Å². The Morgan fingerprint density at radius 3 is 2.75 bits per heavy atom. The molecule has 84 valence electrons. The van der Waals surface area contributed by atoms with Crippen LogP contribution in [0.1, 0.15) is 6.42 Å². The van der Waals surface area contributed by atoms with Gasteiger partial charge in [-0.1, -0.05) is 18.2 Å². The van der Waals surface area contributed by atoms with Crippen LogP contribution in [0.15, 0.2) is 42.1 Å².